The maximum absolute atomic E-state index is 6.93. The van der Waals surface area contributed by atoms with Gasteiger partial charge in [-0.05, 0) is 22.9 Å². The highest BCUT2D eigenvalue weighted by molar-refractivity contribution is 9.10. The summed E-state index contributed by atoms with van der Waals surface area (Å²) in [6, 6.07) is 0. The van der Waals surface area contributed by atoms with E-state index in [4.69, 9.17) is 4.11 Å². The maximum Gasteiger partial charge on any atom is 0.151 e. The van der Waals surface area contributed by atoms with Gasteiger partial charge in [0.25, 0.3) is 0 Å². The van der Waals surface area contributed by atoms with E-state index in [0.717, 1.165) is 0 Å². The molecule has 0 aromatic carbocycles. The molecule has 1 heterocycles. The molecule has 4 heteroatoms. The Hall–Kier alpha value is -0.380. The molecule has 0 aliphatic heterocycles. The first-order chi connectivity index (χ1) is 4.91. The van der Waals surface area contributed by atoms with Crippen molar-refractivity contribution in [3.63, 3.8) is 0 Å². The average molecular weight is 179 g/mol. The summed E-state index contributed by atoms with van der Waals surface area (Å²) < 4.78 is 21.3. The minimum atomic E-state index is -2.28. The second kappa shape index (κ2) is 1.85. The molecule has 0 radical (unpaired) electrons. The zero-order chi connectivity index (χ0) is 8.65. The molecule has 0 unspecified atom stereocenters. The average Bonchev–Trinajstić information content (AvgIpc) is 2.11. The molecule has 1 rings (SSSR count). The predicted octanol–water partition coefficient (Wildman–Crippen LogP) is 0.886. The third-order valence-electron chi connectivity index (χ3n) is 0.726. The first-order valence-corrected chi connectivity index (χ1v) is 2.80. The fourth-order valence-corrected chi connectivity index (χ4v) is 0.591. The van der Waals surface area contributed by atoms with Gasteiger partial charge in [-0.25, -0.2) is 0 Å². The van der Waals surface area contributed by atoms with Crippen LogP contribution in [0.4, 0.5) is 0 Å². The van der Waals surface area contributed by atoms with Crippen molar-refractivity contribution in [3.05, 3.63) is 10.3 Å². The summed E-state index contributed by atoms with van der Waals surface area (Å²) >= 11 is 3.06. The molecule has 0 saturated carbocycles. The summed E-state index contributed by atoms with van der Waals surface area (Å²) in [4.78, 5) is 0.715. The maximum atomic E-state index is 6.93. The fraction of sp³-hybridized carbons (Fsp3) is 0.500. The second-order valence-corrected chi connectivity index (χ2v) is 2.12. The van der Waals surface area contributed by atoms with E-state index in [-0.39, 0.29) is 0 Å². The third kappa shape index (κ3) is 0.888. The van der Waals surface area contributed by atoms with Crippen molar-refractivity contribution in [2.24, 2.45) is 6.98 Å². The lowest BCUT2D eigenvalue weighted by atomic mass is 10.6. The van der Waals surface area contributed by atoms with E-state index in [9.17, 15) is 0 Å². The van der Waals surface area contributed by atoms with Crippen LogP contribution < -0.4 is 0 Å². The molecule has 0 aliphatic rings. The number of rotatable bonds is 0. The van der Waals surface area contributed by atoms with E-state index in [1.165, 1.54) is 0 Å². The van der Waals surface area contributed by atoms with Crippen LogP contribution in [0.1, 0.15) is 9.81 Å². The van der Waals surface area contributed by atoms with Gasteiger partial charge in [0.2, 0.25) is 0 Å². The second-order valence-electron chi connectivity index (χ2n) is 1.37. The molecule has 0 N–H and O–H groups in total. The van der Waals surface area contributed by atoms with Crippen LogP contribution in [-0.2, 0) is 6.98 Å². The van der Waals surface area contributed by atoms with Crippen molar-refractivity contribution in [1.82, 2.24) is 15.0 Å². The molecular formula is C4H6BrN3. The van der Waals surface area contributed by atoms with Crippen molar-refractivity contribution in [1.29, 1.82) is 0 Å². The Balaban J connectivity index is 3.08. The summed E-state index contributed by atoms with van der Waals surface area (Å²) in [5.41, 5.74) is 0.570. The lowest BCUT2D eigenvalue weighted by Gasteiger charge is -1.76. The van der Waals surface area contributed by atoms with Gasteiger partial charge in [0.05, 0.1) is 5.69 Å². The van der Waals surface area contributed by atoms with E-state index in [0.29, 0.717) is 15.1 Å². The SMILES string of the molecule is [2H]C([2H])([2H])n1nc(C)c(Br)n1. The summed E-state index contributed by atoms with van der Waals surface area (Å²) in [6.07, 6.45) is 0. The zero-order valence-electron chi connectivity index (χ0n) is 7.22. The lowest BCUT2D eigenvalue weighted by Crippen LogP contribution is -1.91. The normalized spacial score (nSPS) is 17.0. The van der Waals surface area contributed by atoms with Gasteiger partial charge in [0, 0.05) is 11.1 Å². The molecule has 0 spiro atoms. The first kappa shape index (κ1) is 2.96. The van der Waals surface area contributed by atoms with Crippen LogP contribution in [0.2, 0.25) is 0 Å². The van der Waals surface area contributed by atoms with Crippen LogP contribution in [0, 0.1) is 6.92 Å². The smallest absolute Gasteiger partial charge is 0.151 e. The van der Waals surface area contributed by atoms with Gasteiger partial charge in [-0.1, -0.05) is 0 Å². The fourth-order valence-electron chi connectivity index (χ4n) is 0.361. The summed E-state index contributed by atoms with van der Waals surface area (Å²) in [5.74, 6) is 0. The Morgan fingerprint density at radius 2 is 2.50 bits per heavy atom. The van der Waals surface area contributed by atoms with E-state index in [1.807, 2.05) is 0 Å². The number of halogens is 1. The highest BCUT2D eigenvalue weighted by Gasteiger charge is 1.96. The van der Waals surface area contributed by atoms with Crippen LogP contribution in [0.25, 0.3) is 0 Å². The van der Waals surface area contributed by atoms with Gasteiger partial charge in [-0.3, -0.25) is 0 Å². The Bertz CT molecular complexity index is 247. The van der Waals surface area contributed by atoms with Crippen LogP contribution in [0.15, 0.2) is 4.60 Å². The number of nitrogens with zero attached hydrogens (tertiary/aromatic N) is 3. The summed E-state index contributed by atoms with van der Waals surface area (Å²) in [6.45, 7) is -0.601. The first-order valence-electron chi connectivity index (χ1n) is 3.51. The minimum Gasteiger partial charge on any atom is -0.187 e. The lowest BCUT2D eigenvalue weighted by molar-refractivity contribution is 0.647. The monoisotopic (exact) mass is 178 g/mol. The van der Waals surface area contributed by atoms with Crippen molar-refractivity contribution < 1.29 is 4.11 Å². The molecule has 0 bridgehead atoms. The van der Waals surface area contributed by atoms with E-state index in [1.54, 1.807) is 6.92 Å². The predicted molar refractivity (Wildman–Crippen MR) is 33.4 cm³/mol. The van der Waals surface area contributed by atoms with Crippen molar-refractivity contribution in [2.45, 2.75) is 6.92 Å². The Morgan fingerprint density at radius 1 is 1.75 bits per heavy atom. The van der Waals surface area contributed by atoms with Gasteiger partial charge in [-0.2, -0.15) is 9.90 Å². The molecule has 1 aromatic rings. The largest absolute Gasteiger partial charge is 0.187 e. The molecular weight excluding hydrogens is 170 g/mol. The van der Waals surface area contributed by atoms with Crippen LogP contribution in [-0.4, -0.2) is 15.0 Å². The quantitative estimate of drug-likeness (QED) is 0.591. The summed E-state index contributed by atoms with van der Waals surface area (Å²) in [7, 11) is 0. The van der Waals surface area contributed by atoms with E-state index in [2.05, 4.69) is 26.1 Å². The molecule has 0 atom stereocenters. The zero-order valence-corrected chi connectivity index (χ0v) is 5.81. The van der Waals surface area contributed by atoms with Crippen molar-refractivity contribution in [2.75, 3.05) is 0 Å². The number of hydrogen-bond donors (Lipinski definition) is 0. The van der Waals surface area contributed by atoms with E-state index >= 15 is 0 Å². The van der Waals surface area contributed by atoms with Crippen molar-refractivity contribution in [3.8, 4) is 0 Å². The number of aryl methyl sites for hydroxylation is 2. The Labute approximate surface area is 60.0 Å². The molecule has 0 fully saturated rings. The minimum absolute atomic E-state index is 0.466. The van der Waals surface area contributed by atoms with Gasteiger partial charge in [-0.15, -0.1) is 5.10 Å². The number of hydrogen-bond acceptors (Lipinski definition) is 2. The molecule has 1 aromatic heterocycles. The molecule has 3 nitrogen and oxygen atoms in total. The molecule has 0 saturated heterocycles. The van der Waals surface area contributed by atoms with Gasteiger partial charge in [0.1, 0.15) is 0 Å². The Morgan fingerprint density at radius 3 is 2.75 bits per heavy atom. The molecule has 0 aliphatic carbocycles. The molecule has 8 heavy (non-hydrogen) atoms. The summed E-state index contributed by atoms with van der Waals surface area (Å²) in [5, 5.41) is 7.32. The number of aromatic nitrogens is 3. The van der Waals surface area contributed by atoms with Gasteiger partial charge >= 0.3 is 0 Å². The van der Waals surface area contributed by atoms with Gasteiger partial charge < -0.3 is 0 Å². The topological polar surface area (TPSA) is 30.7 Å². The molecule has 44 valence electrons. The van der Waals surface area contributed by atoms with E-state index < -0.39 is 6.98 Å². The van der Waals surface area contributed by atoms with Crippen LogP contribution in [0.3, 0.4) is 0 Å². The van der Waals surface area contributed by atoms with Crippen LogP contribution in [0.5, 0.6) is 0 Å². The highest BCUT2D eigenvalue weighted by Crippen LogP contribution is 2.06. The third-order valence-corrected chi connectivity index (χ3v) is 1.46. The standard InChI is InChI=1S/C4H6BrN3/c1-3-4(5)7-8(2)6-3/h1-2H3/i2D3. The molecule has 0 amide bonds. The van der Waals surface area contributed by atoms with Gasteiger partial charge in [0.15, 0.2) is 4.60 Å². The highest BCUT2D eigenvalue weighted by atomic mass is 79.9. The van der Waals surface area contributed by atoms with Crippen molar-refractivity contribution >= 4 is 15.9 Å². The van der Waals surface area contributed by atoms with Crippen LogP contribution >= 0.6 is 15.9 Å². The Kier molecular flexibility index (Phi) is 0.686.